The Balaban J connectivity index is 1.90. The van der Waals surface area contributed by atoms with E-state index in [0.717, 1.165) is 40.7 Å². The second kappa shape index (κ2) is 15.5. The molecule has 0 aliphatic rings. The molecule has 0 heterocycles. The van der Waals surface area contributed by atoms with E-state index in [4.69, 9.17) is 0 Å². The first kappa shape index (κ1) is 32.9. The van der Waals surface area contributed by atoms with E-state index >= 15 is 0 Å². The van der Waals surface area contributed by atoms with Gasteiger partial charge in [-0.15, -0.1) is 0 Å². The van der Waals surface area contributed by atoms with Crippen molar-refractivity contribution in [1.82, 2.24) is 10.2 Å². The fourth-order valence-electron chi connectivity index (χ4n) is 5.02. The number of carbonyl (C=O) groups excluding carboxylic acids is 2. The average Bonchev–Trinajstić information content (AvgIpc) is 2.95. The van der Waals surface area contributed by atoms with Gasteiger partial charge in [-0.05, 0) is 67.5 Å². The highest BCUT2D eigenvalue weighted by molar-refractivity contribution is 7.92. The minimum absolute atomic E-state index is 0.107. The molecule has 3 aromatic carbocycles. The van der Waals surface area contributed by atoms with Crippen LogP contribution in [0.2, 0.25) is 0 Å². The van der Waals surface area contributed by atoms with Crippen LogP contribution in [0.15, 0.2) is 72.8 Å². The van der Waals surface area contributed by atoms with Gasteiger partial charge in [-0.1, -0.05) is 80.1 Å². The quantitative estimate of drug-likeness (QED) is 0.229. The third kappa shape index (κ3) is 9.18. The van der Waals surface area contributed by atoms with E-state index in [-0.39, 0.29) is 31.3 Å². The van der Waals surface area contributed by atoms with Gasteiger partial charge in [0.1, 0.15) is 6.04 Å². The van der Waals surface area contributed by atoms with Crippen molar-refractivity contribution in [3.63, 3.8) is 0 Å². The van der Waals surface area contributed by atoms with Crippen LogP contribution in [0, 0.1) is 20.8 Å². The fourth-order valence-corrected chi connectivity index (χ4v) is 6.04. The Hall–Kier alpha value is -3.65. The molecular weight excluding hydrogens is 546 g/mol. The van der Waals surface area contributed by atoms with E-state index in [0.29, 0.717) is 25.1 Å². The SMILES string of the molecule is CCCCNC(=O)C(Cc1ccccc1)N(Cc1ccccc1C)C(=O)CCCN(c1cccc(C)c1C)S(C)(=O)=O. The van der Waals surface area contributed by atoms with Crippen molar-refractivity contribution in [3.8, 4) is 0 Å². The molecular formula is C34H45N3O4S. The number of sulfonamides is 1. The molecule has 226 valence electrons. The fraction of sp³-hybridized carbons (Fsp3) is 0.412. The molecule has 1 atom stereocenters. The Morgan fingerprint density at radius 1 is 0.857 bits per heavy atom. The summed E-state index contributed by atoms with van der Waals surface area (Å²) in [5, 5.41) is 3.05. The Morgan fingerprint density at radius 2 is 1.52 bits per heavy atom. The number of aryl methyl sites for hydroxylation is 2. The molecule has 0 aliphatic heterocycles. The smallest absolute Gasteiger partial charge is 0.243 e. The van der Waals surface area contributed by atoms with Gasteiger partial charge in [0, 0.05) is 32.5 Å². The number of hydrogen-bond acceptors (Lipinski definition) is 4. The zero-order valence-electron chi connectivity index (χ0n) is 25.6. The van der Waals surface area contributed by atoms with Crippen molar-refractivity contribution in [2.45, 2.75) is 72.4 Å². The summed E-state index contributed by atoms with van der Waals surface area (Å²) in [7, 11) is -3.57. The number of rotatable bonds is 15. The number of unbranched alkanes of at least 4 members (excludes halogenated alkanes) is 1. The minimum atomic E-state index is -3.57. The summed E-state index contributed by atoms with van der Waals surface area (Å²) in [5.41, 5.74) is 5.49. The molecule has 0 aromatic heterocycles. The van der Waals surface area contributed by atoms with E-state index in [1.807, 2.05) is 87.5 Å². The number of nitrogens with zero attached hydrogens (tertiary/aromatic N) is 2. The molecule has 0 saturated heterocycles. The number of amides is 2. The minimum Gasteiger partial charge on any atom is -0.354 e. The van der Waals surface area contributed by atoms with Crippen LogP contribution in [0.25, 0.3) is 0 Å². The second-order valence-corrected chi connectivity index (χ2v) is 12.9. The summed E-state index contributed by atoms with van der Waals surface area (Å²) < 4.78 is 27.0. The van der Waals surface area contributed by atoms with Gasteiger partial charge in [-0.2, -0.15) is 0 Å². The first-order valence-corrected chi connectivity index (χ1v) is 16.6. The summed E-state index contributed by atoms with van der Waals surface area (Å²) in [6.07, 6.45) is 3.81. The van der Waals surface area contributed by atoms with Gasteiger partial charge in [-0.3, -0.25) is 13.9 Å². The molecule has 0 saturated carbocycles. The van der Waals surface area contributed by atoms with Gasteiger partial charge in [-0.25, -0.2) is 8.42 Å². The lowest BCUT2D eigenvalue weighted by molar-refractivity contribution is -0.141. The summed E-state index contributed by atoms with van der Waals surface area (Å²) >= 11 is 0. The predicted octanol–water partition coefficient (Wildman–Crippen LogP) is 5.71. The largest absolute Gasteiger partial charge is 0.354 e. The van der Waals surface area contributed by atoms with E-state index < -0.39 is 16.1 Å². The standard InChI is InChI=1S/C34H45N3O4S/c1-6-7-22-35-34(39)32(24-29-17-9-8-10-18-29)36(25-30-19-12-11-15-27(30)3)33(38)21-14-23-37(42(5,40)41)31-20-13-16-26(2)28(31)4/h8-13,15-20,32H,6-7,14,21-25H2,1-5H3,(H,35,39). The highest BCUT2D eigenvalue weighted by Gasteiger charge is 2.31. The maximum atomic E-state index is 14.0. The molecule has 2 amide bonds. The molecule has 3 rings (SSSR count). The lowest BCUT2D eigenvalue weighted by atomic mass is 10.0. The summed E-state index contributed by atoms with van der Waals surface area (Å²) in [4.78, 5) is 29.3. The molecule has 7 nitrogen and oxygen atoms in total. The Bertz CT molecular complexity index is 1440. The Labute approximate surface area is 252 Å². The van der Waals surface area contributed by atoms with Crippen molar-refractivity contribution in [2.75, 3.05) is 23.7 Å². The third-order valence-electron chi connectivity index (χ3n) is 7.70. The average molecular weight is 592 g/mol. The highest BCUT2D eigenvalue weighted by Crippen LogP contribution is 2.26. The van der Waals surface area contributed by atoms with Crippen molar-refractivity contribution in [1.29, 1.82) is 0 Å². The number of hydrogen-bond donors (Lipinski definition) is 1. The third-order valence-corrected chi connectivity index (χ3v) is 8.88. The topological polar surface area (TPSA) is 86.8 Å². The molecule has 8 heteroatoms. The van der Waals surface area contributed by atoms with Crippen molar-refractivity contribution in [3.05, 3.63) is 101 Å². The monoisotopic (exact) mass is 591 g/mol. The van der Waals surface area contributed by atoms with Crippen molar-refractivity contribution in [2.24, 2.45) is 0 Å². The molecule has 0 fully saturated rings. The molecule has 1 N–H and O–H groups in total. The first-order valence-electron chi connectivity index (χ1n) is 14.7. The van der Waals surface area contributed by atoms with Crippen LogP contribution in [0.3, 0.4) is 0 Å². The van der Waals surface area contributed by atoms with Crippen LogP contribution >= 0.6 is 0 Å². The van der Waals surface area contributed by atoms with Crippen LogP contribution < -0.4 is 9.62 Å². The van der Waals surface area contributed by atoms with Crippen LogP contribution in [-0.4, -0.2) is 50.5 Å². The van der Waals surface area contributed by atoms with Crippen LogP contribution in [0.4, 0.5) is 5.69 Å². The number of carbonyl (C=O) groups is 2. The van der Waals surface area contributed by atoms with Gasteiger partial charge < -0.3 is 10.2 Å². The first-order chi connectivity index (χ1) is 20.0. The van der Waals surface area contributed by atoms with Crippen molar-refractivity contribution < 1.29 is 18.0 Å². The van der Waals surface area contributed by atoms with Gasteiger partial charge in [0.05, 0.1) is 11.9 Å². The summed E-state index contributed by atoms with van der Waals surface area (Å²) in [6.45, 7) is 8.93. The molecule has 1 unspecified atom stereocenters. The number of nitrogens with one attached hydrogen (secondary N) is 1. The lowest BCUT2D eigenvalue weighted by Gasteiger charge is -2.32. The number of anilines is 1. The van der Waals surface area contributed by atoms with Gasteiger partial charge in [0.25, 0.3) is 0 Å². The molecule has 0 bridgehead atoms. The van der Waals surface area contributed by atoms with E-state index in [1.54, 1.807) is 11.0 Å². The maximum Gasteiger partial charge on any atom is 0.243 e. The summed E-state index contributed by atoms with van der Waals surface area (Å²) in [6, 6.07) is 22.5. The zero-order valence-corrected chi connectivity index (χ0v) is 26.4. The van der Waals surface area contributed by atoms with E-state index in [2.05, 4.69) is 12.2 Å². The van der Waals surface area contributed by atoms with E-state index in [1.165, 1.54) is 10.6 Å². The molecule has 3 aromatic rings. The molecule has 0 aliphatic carbocycles. The van der Waals surface area contributed by atoms with Gasteiger partial charge in [0.2, 0.25) is 21.8 Å². The predicted molar refractivity (Wildman–Crippen MR) is 171 cm³/mol. The molecule has 42 heavy (non-hydrogen) atoms. The van der Waals surface area contributed by atoms with Gasteiger partial charge in [0.15, 0.2) is 0 Å². The van der Waals surface area contributed by atoms with Crippen molar-refractivity contribution >= 4 is 27.5 Å². The van der Waals surface area contributed by atoms with Crippen LogP contribution in [0.1, 0.15) is 60.4 Å². The van der Waals surface area contributed by atoms with Crippen LogP contribution in [0.5, 0.6) is 0 Å². The normalized spacial score (nSPS) is 12.0. The maximum absolute atomic E-state index is 14.0. The second-order valence-electron chi connectivity index (χ2n) is 11.0. The van der Waals surface area contributed by atoms with E-state index in [9.17, 15) is 18.0 Å². The van der Waals surface area contributed by atoms with Gasteiger partial charge >= 0.3 is 0 Å². The molecule has 0 radical (unpaired) electrons. The molecule has 0 spiro atoms. The zero-order chi connectivity index (χ0) is 30.7. The Kier molecular flexibility index (Phi) is 12.2. The Morgan fingerprint density at radius 3 is 2.19 bits per heavy atom. The summed E-state index contributed by atoms with van der Waals surface area (Å²) in [5.74, 6) is -0.360. The number of benzene rings is 3. The highest BCUT2D eigenvalue weighted by atomic mass is 32.2. The lowest BCUT2D eigenvalue weighted by Crippen LogP contribution is -2.50. The van der Waals surface area contributed by atoms with Crippen LogP contribution in [-0.2, 0) is 32.6 Å².